The molecule has 0 radical (unpaired) electrons. The summed E-state index contributed by atoms with van der Waals surface area (Å²) in [5, 5.41) is 6.53. The number of aliphatic imine (C=N–C) groups is 1. The smallest absolute Gasteiger partial charge is 0.191 e. The van der Waals surface area contributed by atoms with Crippen LogP contribution in [0.1, 0.15) is 20.3 Å². The summed E-state index contributed by atoms with van der Waals surface area (Å²) in [5.41, 5.74) is 0. The number of rotatable bonds is 9. The van der Waals surface area contributed by atoms with Gasteiger partial charge in [0.2, 0.25) is 0 Å². The van der Waals surface area contributed by atoms with E-state index >= 15 is 0 Å². The van der Waals surface area contributed by atoms with Gasteiger partial charge in [-0.15, -0.1) is 0 Å². The second-order valence-corrected chi connectivity index (χ2v) is 4.04. The molecule has 0 aliphatic heterocycles. The highest BCUT2D eigenvalue weighted by atomic mass is 16.5. The first-order valence-corrected chi connectivity index (χ1v) is 6.92. The Morgan fingerprint density at radius 1 is 1.37 bits per heavy atom. The van der Waals surface area contributed by atoms with E-state index in [1.54, 1.807) is 6.20 Å². The molecule has 0 atom stereocenters. The number of hydrogen-bond acceptors (Lipinski definition) is 3. The van der Waals surface area contributed by atoms with Gasteiger partial charge in [-0.25, -0.2) is 4.98 Å². The summed E-state index contributed by atoms with van der Waals surface area (Å²) < 4.78 is 7.32. The van der Waals surface area contributed by atoms with Crippen LogP contribution >= 0.6 is 0 Å². The van der Waals surface area contributed by atoms with Crippen molar-refractivity contribution in [3.63, 3.8) is 0 Å². The number of hydrogen-bond donors (Lipinski definition) is 2. The van der Waals surface area contributed by atoms with Crippen molar-refractivity contribution < 1.29 is 4.74 Å². The van der Waals surface area contributed by atoms with Crippen LogP contribution in [-0.2, 0) is 11.3 Å². The number of ether oxygens (including phenoxy) is 1. The van der Waals surface area contributed by atoms with E-state index in [-0.39, 0.29) is 0 Å². The number of aromatic nitrogens is 2. The topological polar surface area (TPSA) is 63.5 Å². The standard InChI is InChI=1S/C13H25N5O/c1-3-15-13(16-6-5-11-19-4-2)17-8-10-18-9-7-14-12-18/h7,9,12H,3-6,8,10-11H2,1-2H3,(H2,15,16,17). The first-order valence-electron chi connectivity index (χ1n) is 6.92. The molecule has 0 aliphatic rings. The van der Waals surface area contributed by atoms with Gasteiger partial charge in [0.1, 0.15) is 0 Å². The first-order chi connectivity index (χ1) is 9.36. The summed E-state index contributed by atoms with van der Waals surface area (Å²) in [5.74, 6) is 0.860. The Labute approximate surface area is 115 Å². The third kappa shape index (κ3) is 7.46. The largest absolute Gasteiger partial charge is 0.382 e. The maximum Gasteiger partial charge on any atom is 0.191 e. The lowest BCUT2D eigenvalue weighted by atomic mass is 10.4. The lowest BCUT2D eigenvalue weighted by Crippen LogP contribution is -2.38. The average molecular weight is 267 g/mol. The predicted molar refractivity (Wildman–Crippen MR) is 77.3 cm³/mol. The van der Waals surface area contributed by atoms with Crippen LogP contribution in [0.2, 0.25) is 0 Å². The van der Waals surface area contributed by atoms with Gasteiger partial charge in [0, 0.05) is 51.8 Å². The SMILES string of the molecule is CCNC(=NCCCOCC)NCCn1ccnc1. The molecule has 0 saturated heterocycles. The van der Waals surface area contributed by atoms with Gasteiger partial charge in [-0.05, 0) is 20.3 Å². The lowest BCUT2D eigenvalue weighted by Gasteiger charge is -2.11. The molecule has 6 nitrogen and oxygen atoms in total. The molecule has 2 N–H and O–H groups in total. The molecule has 0 saturated carbocycles. The number of nitrogens with one attached hydrogen (secondary N) is 2. The Morgan fingerprint density at radius 2 is 2.26 bits per heavy atom. The van der Waals surface area contributed by atoms with E-state index in [9.17, 15) is 0 Å². The molecule has 19 heavy (non-hydrogen) atoms. The van der Waals surface area contributed by atoms with Gasteiger partial charge in [0.05, 0.1) is 6.33 Å². The van der Waals surface area contributed by atoms with Crippen molar-refractivity contribution in [1.82, 2.24) is 20.2 Å². The van der Waals surface area contributed by atoms with Crippen LogP contribution in [-0.4, -0.2) is 48.4 Å². The number of imidazole rings is 1. The lowest BCUT2D eigenvalue weighted by molar-refractivity contribution is 0.146. The van der Waals surface area contributed by atoms with Crippen molar-refractivity contribution in [1.29, 1.82) is 0 Å². The first kappa shape index (κ1) is 15.5. The molecule has 0 spiro atoms. The maximum atomic E-state index is 5.29. The highest BCUT2D eigenvalue weighted by Crippen LogP contribution is 1.86. The minimum Gasteiger partial charge on any atom is -0.382 e. The molecule has 1 rings (SSSR count). The van der Waals surface area contributed by atoms with Crippen molar-refractivity contribution in [3.05, 3.63) is 18.7 Å². The molecule has 0 aromatic carbocycles. The Kier molecular flexibility index (Phi) is 8.46. The molecule has 1 aromatic rings. The van der Waals surface area contributed by atoms with E-state index in [1.807, 2.05) is 24.0 Å². The molecule has 108 valence electrons. The molecular weight excluding hydrogens is 242 g/mol. The van der Waals surface area contributed by atoms with E-state index in [0.717, 1.165) is 51.8 Å². The van der Waals surface area contributed by atoms with Gasteiger partial charge in [0.15, 0.2) is 5.96 Å². The van der Waals surface area contributed by atoms with Crippen LogP contribution in [0.3, 0.4) is 0 Å². The van der Waals surface area contributed by atoms with Gasteiger partial charge >= 0.3 is 0 Å². The fourth-order valence-electron chi connectivity index (χ4n) is 1.57. The summed E-state index contributed by atoms with van der Waals surface area (Å²) in [7, 11) is 0. The van der Waals surface area contributed by atoms with Crippen LogP contribution in [0.4, 0.5) is 0 Å². The minimum atomic E-state index is 0.771. The maximum absolute atomic E-state index is 5.29. The van der Waals surface area contributed by atoms with Crippen molar-refractivity contribution >= 4 is 5.96 Å². The number of guanidine groups is 1. The van der Waals surface area contributed by atoms with Crippen LogP contribution in [0, 0.1) is 0 Å². The van der Waals surface area contributed by atoms with Crippen molar-refractivity contribution in [2.45, 2.75) is 26.8 Å². The van der Waals surface area contributed by atoms with Crippen molar-refractivity contribution in [2.24, 2.45) is 4.99 Å². The molecule has 0 fully saturated rings. The molecular formula is C13H25N5O. The van der Waals surface area contributed by atoms with Crippen LogP contribution in [0.25, 0.3) is 0 Å². The summed E-state index contributed by atoms with van der Waals surface area (Å²) in [6.45, 7) is 8.96. The second kappa shape index (κ2) is 10.4. The van der Waals surface area contributed by atoms with Crippen molar-refractivity contribution in [3.8, 4) is 0 Å². The molecule has 0 bridgehead atoms. The van der Waals surface area contributed by atoms with Crippen LogP contribution in [0.15, 0.2) is 23.7 Å². The van der Waals surface area contributed by atoms with E-state index in [1.165, 1.54) is 0 Å². The predicted octanol–water partition coefficient (Wildman–Crippen LogP) is 0.865. The zero-order valence-corrected chi connectivity index (χ0v) is 11.9. The normalized spacial score (nSPS) is 11.6. The fourth-order valence-corrected chi connectivity index (χ4v) is 1.57. The van der Waals surface area contributed by atoms with E-state index in [0.29, 0.717) is 0 Å². The molecule has 0 aliphatic carbocycles. The summed E-state index contributed by atoms with van der Waals surface area (Å²) >= 11 is 0. The quantitative estimate of drug-likeness (QED) is 0.396. The third-order valence-electron chi connectivity index (χ3n) is 2.49. The molecule has 0 amide bonds. The van der Waals surface area contributed by atoms with Gasteiger partial charge in [-0.3, -0.25) is 4.99 Å². The Bertz CT molecular complexity index is 337. The van der Waals surface area contributed by atoms with Gasteiger partial charge in [-0.2, -0.15) is 0 Å². The Balaban J connectivity index is 2.20. The van der Waals surface area contributed by atoms with E-state index in [4.69, 9.17) is 4.74 Å². The van der Waals surface area contributed by atoms with E-state index < -0.39 is 0 Å². The zero-order chi connectivity index (χ0) is 13.8. The zero-order valence-electron chi connectivity index (χ0n) is 11.9. The minimum absolute atomic E-state index is 0.771. The summed E-state index contributed by atoms with van der Waals surface area (Å²) in [6, 6.07) is 0. The summed E-state index contributed by atoms with van der Waals surface area (Å²) in [4.78, 5) is 8.50. The van der Waals surface area contributed by atoms with Gasteiger partial charge < -0.3 is 19.9 Å². The molecule has 1 heterocycles. The highest BCUT2D eigenvalue weighted by molar-refractivity contribution is 5.79. The molecule has 6 heteroatoms. The number of nitrogens with zero attached hydrogens (tertiary/aromatic N) is 3. The van der Waals surface area contributed by atoms with Gasteiger partial charge in [0.25, 0.3) is 0 Å². The van der Waals surface area contributed by atoms with Crippen LogP contribution < -0.4 is 10.6 Å². The monoisotopic (exact) mass is 267 g/mol. The van der Waals surface area contributed by atoms with E-state index in [2.05, 4.69) is 27.5 Å². The fraction of sp³-hybridized carbons (Fsp3) is 0.692. The Hall–Kier alpha value is -1.56. The average Bonchev–Trinajstić information content (AvgIpc) is 2.91. The second-order valence-electron chi connectivity index (χ2n) is 4.04. The third-order valence-corrected chi connectivity index (χ3v) is 2.49. The molecule has 1 aromatic heterocycles. The Morgan fingerprint density at radius 3 is 2.95 bits per heavy atom. The van der Waals surface area contributed by atoms with Crippen molar-refractivity contribution in [2.75, 3.05) is 32.8 Å². The highest BCUT2D eigenvalue weighted by Gasteiger charge is 1.96. The van der Waals surface area contributed by atoms with Crippen LogP contribution in [0.5, 0.6) is 0 Å². The summed E-state index contributed by atoms with van der Waals surface area (Å²) in [6.07, 6.45) is 6.50. The van der Waals surface area contributed by atoms with Gasteiger partial charge in [-0.1, -0.05) is 0 Å². The molecule has 0 unspecified atom stereocenters.